The van der Waals surface area contributed by atoms with Crippen molar-refractivity contribution >= 4 is 23.4 Å². The molecule has 0 aromatic heterocycles. The summed E-state index contributed by atoms with van der Waals surface area (Å²) in [6.07, 6.45) is 0. The second-order valence-electron chi connectivity index (χ2n) is 8.78. The summed E-state index contributed by atoms with van der Waals surface area (Å²) in [6.45, 7) is 7.40. The van der Waals surface area contributed by atoms with Crippen LogP contribution in [-0.4, -0.2) is 31.9 Å². The molecule has 0 atom stereocenters. The van der Waals surface area contributed by atoms with Gasteiger partial charge in [0.2, 0.25) is 5.78 Å². The number of methoxy groups -OCH3 is 2. The molecule has 0 saturated carbocycles. The highest BCUT2D eigenvalue weighted by Gasteiger charge is 2.35. The lowest BCUT2D eigenvalue weighted by Gasteiger charge is -2.23. The van der Waals surface area contributed by atoms with Crippen LogP contribution in [0.15, 0.2) is 59.8 Å². The van der Waals surface area contributed by atoms with Gasteiger partial charge in [-0.05, 0) is 68.7 Å². The minimum Gasteiger partial charge on any atom is -0.497 e. The molecule has 4 rings (SSSR count). The maximum Gasteiger partial charge on any atom is 0.361 e. The predicted molar refractivity (Wildman–Crippen MR) is 138 cm³/mol. The number of anilines is 1. The molecule has 1 aliphatic heterocycles. The van der Waals surface area contributed by atoms with Gasteiger partial charge < -0.3 is 24.3 Å². The molecule has 37 heavy (non-hydrogen) atoms. The van der Waals surface area contributed by atoms with Crippen LogP contribution in [0.3, 0.4) is 0 Å². The molecular weight excluding hydrogens is 474 g/mol. The van der Waals surface area contributed by atoms with Crippen LogP contribution in [0.4, 0.5) is 5.69 Å². The molecule has 0 aliphatic carbocycles. The number of hydrogen-bond donors (Lipinski definition) is 1. The van der Waals surface area contributed by atoms with E-state index in [1.54, 1.807) is 38.1 Å². The summed E-state index contributed by atoms with van der Waals surface area (Å²) < 4.78 is 21.8. The SMILES string of the molecule is COc1ccc(C(=O)C(C(=O)Oc2c(C)cc(C)cc2C)=C2Nc3cc(C)ccc3OC2=O)c(OC)c1. The van der Waals surface area contributed by atoms with Crippen molar-refractivity contribution in [2.24, 2.45) is 0 Å². The maximum atomic E-state index is 13.9. The molecule has 8 heteroatoms. The number of Topliss-reactive ketones (excluding diaryl/α,β-unsaturated/α-hetero) is 1. The molecule has 1 heterocycles. The van der Waals surface area contributed by atoms with E-state index < -0.39 is 23.3 Å². The number of ketones is 1. The van der Waals surface area contributed by atoms with Crippen LogP contribution in [0.2, 0.25) is 0 Å². The van der Waals surface area contributed by atoms with Crippen LogP contribution in [0, 0.1) is 27.7 Å². The monoisotopic (exact) mass is 501 g/mol. The number of benzene rings is 3. The Morgan fingerprint density at radius 2 is 1.54 bits per heavy atom. The average molecular weight is 502 g/mol. The summed E-state index contributed by atoms with van der Waals surface area (Å²) in [7, 11) is 2.87. The molecule has 0 fully saturated rings. The van der Waals surface area contributed by atoms with Crippen LogP contribution in [-0.2, 0) is 9.59 Å². The first-order valence-electron chi connectivity index (χ1n) is 11.5. The molecule has 0 spiro atoms. The van der Waals surface area contributed by atoms with Gasteiger partial charge in [0.05, 0.1) is 25.5 Å². The molecule has 1 aliphatic rings. The summed E-state index contributed by atoms with van der Waals surface area (Å²) in [6, 6.07) is 13.4. The summed E-state index contributed by atoms with van der Waals surface area (Å²) in [5, 5.41) is 2.92. The van der Waals surface area contributed by atoms with Crippen molar-refractivity contribution in [3.05, 3.63) is 87.6 Å². The number of carbonyl (C=O) groups excluding carboxylic acids is 3. The lowest BCUT2D eigenvalue weighted by molar-refractivity contribution is -0.133. The molecule has 190 valence electrons. The van der Waals surface area contributed by atoms with E-state index in [0.29, 0.717) is 28.3 Å². The van der Waals surface area contributed by atoms with Crippen molar-refractivity contribution in [2.45, 2.75) is 27.7 Å². The van der Waals surface area contributed by atoms with Crippen LogP contribution in [0.5, 0.6) is 23.0 Å². The van der Waals surface area contributed by atoms with Gasteiger partial charge in [0.25, 0.3) is 0 Å². The lowest BCUT2D eigenvalue weighted by Crippen LogP contribution is -2.31. The fraction of sp³-hybridized carbons (Fsp3) is 0.207. The van der Waals surface area contributed by atoms with E-state index >= 15 is 0 Å². The van der Waals surface area contributed by atoms with Gasteiger partial charge in [-0.3, -0.25) is 4.79 Å². The standard InChI is InChI=1S/C29H27NO7/c1-15-7-10-22-21(13-15)30-25(29(33)36-22)24(26(31)20-9-8-19(34-5)14-23(20)35-6)28(32)37-27-17(3)11-16(2)12-18(27)4/h7-14,30H,1-6H3. The summed E-state index contributed by atoms with van der Waals surface area (Å²) in [5.41, 5.74) is 2.96. The maximum absolute atomic E-state index is 13.9. The van der Waals surface area contributed by atoms with Crippen molar-refractivity contribution < 1.29 is 33.3 Å². The first kappa shape index (κ1) is 25.5. The third-order valence-electron chi connectivity index (χ3n) is 5.94. The van der Waals surface area contributed by atoms with Gasteiger partial charge >= 0.3 is 11.9 Å². The van der Waals surface area contributed by atoms with E-state index in [1.807, 2.05) is 26.0 Å². The van der Waals surface area contributed by atoms with E-state index in [4.69, 9.17) is 18.9 Å². The zero-order chi connectivity index (χ0) is 26.9. The fourth-order valence-corrected chi connectivity index (χ4v) is 4.23. The van der Waals surface area contributed by atoms with Gasteiger partial charge in [-0.15, -0.1) is 0 Å². The summed E-state index contributed by atoms with van der Waals surface area (Å²) in [4.78, 5) is 40.6. The van der Waals surface area contributed by atoms with Crippen LogP contribution in [0.1, 0.15) is 32.6 Å². The highest BCUT2D eigenvalue weighted by molar-refractivity contribution is 6.29. The number of rotatable bonds is 6. The molecule has 0 unspecified atom stereocenters. The number of ether oxygens (including phenoxy) is 4. The van der Waals surface area contributed by atoms with E-state index in [-0.39, 0.29) is 22.8 Å². The molecule has 1 N–H and O–H groups in total. The quantitative estimate of drug-likeness (QED) is 0.126. The zero-order valence-corrected chi connectivity index (χ0v) is 21.5. The molecule has 0 bridgehead atoms. The molecule has 0 radical (unpaired) electrons. The van der Waals surface area contributed by atoms with Crippen molar-refractivity contribution in [1.29, 1.82) is 0 Å². The molecule has 0 amide bonds. The summed E-state index contributed by atoms with van der Waals surface area (Å²) in [5.74, 6) is -1.46. The van der Waals surface area contributed by atoms with Gasteiger partial charge in [-0.25, -0.2) is 9.59 Å². The molecule has 3 aromatic carbocycles. The lowest BCUT2D eigenvalue weighted by atomic mass is 9.99. The van der Waals surface area contributed by atoms with Gasteiger partial charge in [0.1, 0.15) is 28.5 Å². The second kappa shape index (κ2) is 10.2. The number of carbonyl (C=O) groups is 3. The highest BCUT2D eigenvalue weighted by Crippen LogP contribution is 2.35. The van der Waals surface area contributed by atoms with Crippen molar-refractivity contribution in [3.8, 4) is 23.0 Å². The van der Waals surface area contributed by atoms with E-state index in [1.165, 1.54) is 26.4 Å². The van der Waals surface area contributed by atoms with Crippen molar-refractivity contribution in [3.63, 3.8) is 0 Å². The van der Waals surface area contributed by atoms with E-state index in [0.717, 1.165) is 11.1 Å². The third-order valence-corrected chi connectivity index (χ3v) is 5.94. The Hall–Kier alpha value is -4.59. The average Bonchev–Trinajstić information content (AvgIpc) is 2.86. The molecule has 0 saturated heterocycles. The first-order valence-corrected chi connectivity index (χ1v) is 11.5. The third kappa shape index (κ3) is 5.04. The van der Waals surface area contributed by atoms with Crippen LogP contribution >= 0.6 is 0 Å². The number of esters is 2. The number of hydrogen-bond acceptors (Lipinski definition) is 8. The second-order valence-corrected chi connectivity index (χ2v) is 8.78. The molecular formula is C29H27NO7. The smallest absolute Gasteiger partial charge is 0.361 e. The minimum absolute atomic E-state index is 0.0461. The number of aryl methyl sites for hydroxylation is 4. The van der Waals surface area contributed by atoms with Gasteiger partial charge in [-0.1, -0.05) is 23.8 Å². The largest absolute Gasteiger partial charge is 0.497 e. The molecule has 8 nitrogen and oxygen atoms in total. The Balaban J connectivity index is 1.87. The number of fused-ring (bicyclic) bond motifs is 1. The van der Waals surface area contributed by atoms with Gasteiger partial charge in [0.15, 0.2) is 5.75 Å². The summed E-state index contributed by atoms with van der Waals surface area (Å²) >= 11 is 0. The first-order chi connectivity index (χ1) is 17.6. The van der Waals surface area contributed by atoms with Crippen molar-refractivity contribution in [2.75, 3.05) is 19.5 Å². The highest BCUT2D eigenvalue weighted by atomic mass is 16.5. The zero-order valence-electron chi connectivity index (χ0n) is 21.5. The molecule has 3 aromatic rings. The topological polar surface area (TPSA) is 100 Å². The Labute approximate surface area is 214 Å². The number of nitrogens with one attached hydrogen (secondary N) is 1. The van der Waals surface area contributed by atoms with E-state index in [9.17, 15) is 14.4 Å². The van der Waals surface area contributed by atoms with Gasteiger partial charge in [-0.2, -0.15) is 0 Å². The van der Waals surface area contributed by atoms with E-state index in [2.05, 4.69) is 5.32 Å². The Bertz CT molecular complexity index is 1450. The fourth-order valence-electron chi connectivity index (χ4n) is 4.23. The normalized spacial score (nSPS) is 13.6. The van der Waals surface area contributed by atoms with Gasteiger partial charge in [0, 0.05) is 6.07 Å². The Morgan fingerprint density at radius 1 is 0.838 bits per heavy atom. The predicted octanol–water partition coefficient (Wildman–Crippen LogP) is 5.01. The Morgan fingerprint density at radius 3 is 2.19 bits per heavy atom. The van der Waals surface area contributed by atoms with Crippen molar-refractivity contribution in [1.82, 2.24) is 0 Å². The van der Waals surface area contributed by atoms with Crippen LogP contribution < -0.4 is 24.3 Å². The minimum atomic E-state index is -1.01. The Kier molecular flexibility index (Phi) is 7.02. The van der Waals surface area contributed by atoms with Crippen LogP contribution in [0.25, 0.3) is 0 Å².